The Kier molecular flexibility index (Phi) is 3.21. The van der Waals surface area contributed by atoms with Crippen LogP contribution in [0.25, 0.3) is 0 Å². The Morgan fingerprint density at radius 1 is 1.52 bits per heavy atom. The molecule has 1 N–H and O–H groups in total. The zero-order valence-corrected chi connectivity index (χ0v) is 15.3. The van der Waals surface area contributed by atoms with Crippen LogP contribution in [0.15, 0.2) is 10.5 Å². The van der Waals surface area contributed by atoms with Crippen LogP contribution in [0.5, 0.6) is 0 Å². The van der Waals surface area contributed by atoms with Crippen LogP contribution < -0.4 is 5.32 Å². The van der Waals surface area contributed by atoms with Crippen molar-refractivity contribution in [2.45, 2.75) is 58.0 Å². The molecule has 1 saturated heterocycles. The molecular formula is C17H24BrN3O2. The average Bonchev–Trinajstić information content (AvgIpc) is 2.88. The number of ether oxygens (including phenoxy) is 1. The Morgan fingerprint density at radius 3 is 3.00 bits per heavy atom. The molecule has 0 aromatic carbocycles. The van der Waals surface area contributed by atoms with E-state index in [4.69, 9.17) is 8.85 Å². The van der Waals surface area contributed by atoms with E-state index in [2.05, 4.69) is 26.2 Å². The number of carbonyl (C=O) groups is 1. The van der Waals surface area contributed by atoms with Crippen LogP contribution in [0, 0.1) is 6.85 Å². The SMILES string of the molecule is [2H]C([2H])([2H])c1nc2c(cc1Br)CCC1(CCN(C(=O)OC(C)(C)C)C1)N2. The predicted molar refractivity (Wildman–Crippen MR) is 93.8 cm³/mol. The molecule has 1 spiro atoms. The molecule has 1 aromatic heterocycles. The van der Waals surface area contributed by atoms with Crippen molar-refractivity contribution in [2.24, 2.45) is 0 Å². The number of carbonyl (C=O) groups excluding carboxylic acids is 1. The summed E-state index contributed by atoms with van der Waals surface area (Å²) in [6.45, 7) is 4.42. The van der Waals surface area contributed by atoms with Crippen LogP contribution in [0.4, 0.5) is 10.6 Å². The number of rotatable bonds is 0. The van der Waals surface area contributed by atoms with Gasteiger partial charge < -0.3 is 15.0 Å². The van der Waals surface area contributed by atoms with Crippen LogP contribution in [0.3, 0.4) is 0 Å². The van der Waals surface area contributed by atoms with E-state index in [0.29, 0.717) is 23.4 Å². The maximum atomic E-state index is 12.3. The maximum absolute atomic E-state index is 12.3. The predicted octanol–water partition coefficient (Wildman–Crippen LogP) is 3.89. The second kappa shape index (κ2) is 5.65. The van der Waals surface area contributed by atoms with Crippen LogP contribution in [-0.4, -0.2) is 40.2 Å². The molecule has 0 saturated carbocycles. The first-order chi connectivity index (χ1) is 11.9. The largest absolute Gasteiger partial charge is 0.444 e. The maximum Gasteiger partial charge on any atom is 0.410 e. The van der Waals surface area contributed by atoms with Crippen molar-refractivity contribution in [3.8, 4) is 0 Å². The Bertz CT molecular complexity index is 733. The van der Waals surface area contributed by atoms with Crippen molar-refractivity contribution in [3.05, 3.63) is 21.8 Å². The van der Waals surface area contributed by atoms with E-state index in [0.717, 1.165) is 24.8 Å². The normalized spacial score (nSPS) is 26.1. The number of pyridine rings is 1. The fraction of sp³-hybridized carbons (Fsp3) is 0.647. The molecule has 3 heterocycles. The summed E-state index contributed by atoms with van der Waals surface area (Å²) in [5.74, 6) is 0.608. The van der Waals surface area contributed by atoms with Gasteiger partial charge in [0, 0.05) is 21.7 Å². The third-order valence-electron chi connectivity index (χ3n) is 4.32. The highest BCUT2D eigenvalue weighted by molar-refractivity contribution is 9.10. The number of halogens is 1. The van der Waals surface area contributed by atoms with Gasteiger partial charge in [-0.3, -0.25) is 0 Å². The van der Waals surface area contributed by atoms with E-state index < -0.39 is 12.5 Å². The van der Waals surface area contributed by atoms with Gasteiger partial charge in [0.1, 0.15) is 11.4 Å². The second-order valence-corrected chi connectivity index (χ2v) is 8.24. The van der Waals surface area contributed by atoms with Gasteiger partial charge in [-0.05, 0) is 74.4 Å². The molecule has 0 aliphatic carbocycles. The molecule has 2 aliphatic rings. The van der Waals surface area contributed by atoms with Gasteiger partial charge in [-0.15, -0.1) is 0 Å². The molecule has 0 bridgehead atoms. The number of nitrogens with zero attached hydrogens (tertiary/aromatic N) is 2. The number of likely N-dealkylation sites (tertiary alicyclic amines) is 1. The summed E-state index contributed by atoms with van der Waals surface area (Å²) in [4.78, 5) is 18.4. The minimum absolute atomic E-state index is 0.0581. The van der Waals surface area contributed by atoms with Crippen LogP contribution in [0.2, 0.25) is 0 Å². The van der Waals surface area contributed by atoms with Gasteiger partial charge >= 0.3 is 6.09 Å². The van der Waals surface area contributed by atoms with Gasteiger partial charge in [-0.25, -0.2) is 9.78 Å². The van der Waals surface area contributed by atoms with E-state index in [9.17, 15) is 4.79 Å². The summed E-state index contributed by atoms with van der Waals surface area (Å²) >= 11 is 3.32. The van der Waals surface area contributed by atoms with E-state index >= 15 is 0 Å². The van der Waals surface area contributed by atoms with Crippen LogP contribution in [-0.2, 0) is 11.2 Å². The van der Waals surface area contributed by atoms with Gasteiger partial charge in [0.15, 0.2) is 0 Å². The fourth-order valence-electron chi connectivity index (χ4n) is 3.17. The number of hydrogen-bond acceptors (Lipinski definition) is 4. The quantitative estimate of drug-likeness (QED) is 0.736. The number of anilines is 1. The van der Waals surface area contributed by atoms with Crippen molar-refractivity contribution in [1.82, 2.24) is 9.88 Å². The highest BCUT2D eigenvalue weighted by atomic mass is 79.9. The summed E-state index contributed by atoms with van der Waals surface area (Å²) in [7, 11) is 0. The van der Waals surface area contributed by atoms with Crippen LogP contribution in [0.1, 0.15) is 49.0 Å². The lowest BCUT2D eigenvalue weighted by atomic mass is 9.87. The Morgan fingerprint density at radius 2 is 2.30 bits per heavy atom. The number of nitrogens with one attached hydrogen (secondary N) is 1. The van der Waals surface area contributed by atoms with Crippen molar-refractivity contribution in [3.63, 3.8) is 0 Å². The molecule has 3 rings (SSSR count). The Labute approximate surface area is 150 Å². The standard InChI is InChI=1S/C17H24BrN3O2/c1-11-13(18)9-12-5-6-17(20-14(12)19-11)7-8-21(10-17)15(22)23-16(2,3)4/h9H,5-8,10H2,1-4H3,(H,19,20)/i1D3. The molecular weight excluding hydrogens is 358 g/mol. The Balaban J connectivity index is 1.79. The molecule has 1 aromatic rings. The first-order valence-corrected chi connectivity index (χ1v) is 8.64. The minimum atomic E-state index is -2.28. The molecule has 1 amide bonds. The Hall–Kier alpha value is -1.30. The number of amides is 1. The molecule has 0 radical (unpaired) electrons. The minimum Gasteiger partial charge on any atom is -0.444 e. The first kappa shape index (κ1) is 13.0. The molecule has 1 atom stereocenters. The highest BCUT2D eigenvalue weighted by Crippen LogP contribution is 2.37. The van der Waals surface area contributed by atoms with Gasteiger partial charge in [-0.2, -0.15) is 0 Å². The molecule has 2 aliphatic heterocycles. The number of aryl methyl sites for hydroxylation is 2. The van der Waals surface area contributed by atoms with Crippen molar-refractivity contribution >= 4 is 27.8 Å². The van der Waals surface area contributed by atoms with Crippen molar-refractivity contribution in [1.29, 1.82) is 0 Å². The van der Waals surface area contributed by atoms with Crippen LogP contribution >= 0.6 is 15.9 Å². The smallest absolute Gasteiger partial charge is 0.410 e. The summed E-state index contributed by atoms with van der Waals surface area (Å²) in [6, 6.07) is 1.84. The molecule has 1 fully saturated rings. The van der Waals surface area contributed by atoms with Gasteiger partial charge in [0.05, 0.1) is 11.2 Å². The van der Waals surface area contributed by atoms with E-state index in [1.807, 2.05) is 26.8 Å². The first-order valence-electron chi connectivity index (χ1n) is 9.35. The lowest BCUT2D eigenvalue weighted by Crippen LogP contribution is -2.46. The van der Waals surface area contributed by atoms with E-state index in [1.165, 1.54) is 0 Å². The van der Waals surface area contributed by atoms with E-state index in [1.54, 1.807) is 4.90 Å². The zero-order valence-electron chi connectivity index (χ0n) is 16.7. The summed E-state index contributed by atoms with van der Waals surface area (Å²) in [5, 5.41) is 3.43. The third kappa shape index (κ3) is 3.47. The lowest BCUT2D eigenvalue weighted by molar-refractivity contribution is 0.0285. The molecule has 23 heavy (non-hydrogen) atoms. The molecule has 126 valence electrons. The van der Waals surface area contributed by atoms with Crippen molar-refractivity contribution in [2.75, 3.05) is 18.4 Å². The fourth-order valence-corrected chi connectivity index (χ4v) is 3.54. The lowest BCUT2D eigenvalue weighted by Gasteiger charge is -2.36. The second-order valence-electron chi connectivity index (χ2n) is 7.38. The zero-order chi connectivity index (χ0) is 19.3. The summed E-state index contributed by atoms with van der Waals surface area (Å²) < 4.78 is 28.9. The van der Waals surface area contributed by atoms with Crippen molar-refractivity contribution < 1.29 is 13.6 Å². The summed E-state index contributed by atoms with van der Waals surface area (Å²) in [5.41, 5.74) is 0.243. The average molecular weight is 385 g/mol. The number of fused-ring (bicyclic) bond motifs is 1. The van der Waals surface area contributed by atoms with Gasteiger partial charge in [0.25, 0.3) is 0 Å². The third-order valence-corrected chi connectivity index (χ3v) is 4.92. The monoisotopic (exact) mass is 384 g/mol. The topological polar surface area (TPSA) is 54.5 Å². The summed E-state index contributed by atoms with van der Waals surface area (Å²) in [6.07, 6.45) is 2.12. The van der Waals surface area contributed by atoms with Gasteiger partial charge in [-0.1, -0.05) is 0 Å². The van der Waals surface area contributed by atoms with Gasteiger partial charge in [0.2, 0.25) is 0 Å². The molecule has 1 unspecified atom stereocenters. The molecule has 6 heteroatoms. The van der Waals surface area contributed by atoms with E-state index in [-0.39, 0.29) is 17.3 Å². The highest BCUT2D eigenvalue weighted by Gasteiger charge is 2.43. The molecule has 5 nitrogen and oxygen atoms in total. The number of aromatic nitrogens is 1. The number of hydrogen-bond donors (Lipinski definition) is 1.